The third kappa shape index (κ3) is 4.21. The summed E-state index contributed by atoms with van der Waals surface area (Å²) in [5.74, 6) is -0.636. The highest BCUT2D eigenvalue weighted by Crippen LogP contribution is 2.26. The predicted molar refractivity (Wildman–Crippen MR) is 95.7 cm³/mol. The van der Waals surface area contributed by atoms with E-state index in [1.165, 1.54) is 36.5 Å². The summed E-state index contributed by atoms with van der Waals surface area (Å²) < 4.78 is 32.2. The number of hydrogen-bond donors (Lipinski definition) is 0. The van der Waals surface area contributed by atoms with E-state index in [-0.39, 0.29) is 22.4 Å². The molecule has 0 atom stereocenters. The standard InChI is InChI=1S/C16H21BrN2O5S/c1-11(20)18(2)12-6-8-19(9-7-12)25(22,23)13-4-5-15(17)14(10-13)16(21)24-3/h4-5,10,12H,6-9H2,1-3H3. The Bertz CT molecular complexity index is 773. The summed E-state index contributed by atoms with van der Waals surface area (Å²) in [6, 6.07) is 4.34. The molecule has 1 saturated heterocycles. The number of nitrogens with zero attached hydrogens (tertiary/aromatic N) is 2. The Morgan fingerprint density at radius 1 is 1.28 bits per heavy atom. The second kappa shape index (κ2) is 7.84. The Labute approximate surface area is 156 Å². The number of hydrogen-bond acceptors (Lipinski definition) is 5. The van der Waals surface area contributed by atoms with E-state index in [2.05, 4.69) is 20.7 Å². The van der Waals surface area contributed by atoms with Gasteiger partial charge >= 0.3 is 5.97 Å². The van der Waals surface area contributed by atoms with Crippen LogP contribution in [0.25, 0.3) is 0 Å². The molecule has 0 spiro atoms. The van der Waals surface area contributed by atoms with Gasteiger partial charge in [-0.15, -0.1) is 0 Å². The number of halogens is 1. The van der Waals surface area contributed by atoms with E-state index < -0.39 is 16.0 Å². The fraction of sp³-hybridized carbons (Fsp3) is 0.500. The van der Waals surface area contributed by atoms with Crippen molar-refractivity contribution in [3.8, 4) is 0 Å². The molecule has 1 aromatic rings. The molecule has 25 heavy (non-hydrogen) atoms. The molecule has 2 rings (SSSR count). The Balaban J connectivity index is 2.20. The molecule has 1 heterocycles. The number of piperidine rings is 1. The Hall–Kier alpha value is -1.45. The number of amides is 1. The number of benzene rings is 1. The summed E-state index contributed by atoms with van der Waals surface area (Å²) in [5.41, 5.74) is 0.162. The smallest absolute Gasteiger partial charge is 0.339 e. The third-order valence-electron chi connectivity index (χ3n) is 4.45. The predicted octanol–water partition coefficient (Wildman–Crippen LogP) is 1.87. The van der Waals surface area contributed by atoms with E-state index in [0.717, 1.165) is 0 Å². The number of methoxy groups -OCH3 is 1. The summed E-state index contributed by atoms with van der Waals surface area (Å²) in [5, 5.41) is 0. The SMILES string of the molecule is COC(=O)c1cc(S(=O)(=O)N2CCC(N(C)C(C)=O)CC2)ccc1Br. The molecule has 0 saturated carbocycles. The van der Waals surface area contributed by atoms with Gasteiger partial charge in [-0.1, -0.05) is 0 Å². The average molecular weight is 433 g/mol. The van der Waals surface area contributed by atoms with Gasteiger partial charge in [-0.25, -0.2) is 13.2 Å². The number of ether oxygens (including phenoxy) is 1. The van der Waals surface area contributed by atoms with Crippen LogP contribution in [0.1, 0.15) is 30.1 Å². The van der Waals surface area contributed by atoms with Crippen molar-refractivity contribution in [1.29, 1.82) is 0 Å². The molecule has 1 fully saturated rings. The zero-order chi connectivity index (χ0) is 18.8. The molecule has 0 N–H and O–H groups in total. The zero-order valence-corrected chi connectivity index (χ0v) is 16.8. The van der Waals surface area contributed by atoms with Crippen LogP contribution in [0.3, 0.4) is 0 Å². The molecule has 0 unspecified atom stereocenters. The van der Waals surface area contributed by atoms with Crippen LogP contribution in [-0.4, -0.2) is 62.8 Å². The molecular weight excluding hydrogens is 412 g/mol. The molecular formula is C16H21BrN2O5S. The number of rotatable bonds is 4. The second-order valence-electron chi connectivity index (χ2n) is 5.90. The normalized spacial score (nSPS) is 16.5. The fourth-order valence-corrected chi connectivity index (χ4v) is 4.71. The highest BCUT2D eigenvalue weighted by atomic mass is 79.9. The number of carbonyl (C=O) groups is 2. The van der Waals surface area contributed by atoms with Gasteiger partial charge in [0.1, 0.15) is 0 Å². The Kier molecular flexibility index (Phi) is 6.23. The van der Waals surface area contributed by atoms with Crippen molar-refractivity contribution >= 4 is 37.8 Å². The van der Waals surface area contributed by atoms with Crippen LogP contribution in [0.4, 0.5) is 0 Å². The Morgan fingerprint density at radius 3 is 2.40 bits per heavy atom. The summed E-state index contributed by atoms with van der Waals surface area (Å²) in [6.45, 7) is 2.15. The second-order valence-corrected chi connectivity index (χ2v) is 8.69. The highest BCUT2D eigenvalue weighted by Gasteiger charge is 2.32. The molecule has 1 aliphatic heterocycles. The van der Waals surface area contributed by atoms with Gasteiger partial charge in [0.15, 0.2) is 0 Å². The van der Waals surface area contributed by atoms with Crippen LogP contribution in [0.5, 0.6) is 0 Å². The molecule has 1 aliphatic rings. The maximum absolute atomic E-state index is 12.9. The van der Waals surface area contributed by atoms with Crippen LogP contribution in [0.2, 0.25) is 0 Å². The fourth-order valence-electron chi connectivity index (χ4n) is 2.81. The van der Waals surface area contributed by atoms with E-state index in [1.54, 1.807) is 11.9 Å². The van der Waals surface area contributed by atoms with Crippen LogP contribution in [0.15, 0.2) is 27.6 Å². The molecule has 0 radical (unpaired) electrons. The lowest BCUT2D eigenvalue weighted by Crippen LogP contribution is -2.46. The van der Waals surface area contributed by atoms with E-state index in [4.69, 9.17) is 0 Å². The molecule has 0 aliphatic carbocycles. The molecule has 1 amide bonds. The first kappa shape index (κ1) is 19.9. The van der Waals surface area contributed by atoms with Gasteiger partial charge in [0.05, 0.1) is 17.6 Å². The minimum Gasteiger partial charge on any atom is -0.465 e. The minimum atomic E-state index is -3.71. The zero-order valence-electron chi connectivity index (χ0n) is 14.4. The topological polar surface area (TPSA) is 84.0 Å². The quantitative estimate of drug-likeness (QED) is 0.677. The van der Waals surface area contributed by atoms with E-state index >= 15 is 0 Å². The van der Waals surface area contributed by atoms with E-state index in [1.807, 2.05) is 0 Å². The van der Waals surface area contributed by atoms with Crippen LogP contribution >= 0.6 is 15.9 Å². The number of esters is 1. The summed E-state index contributed by atoms with van der Waals surface area (Å²) >= 11 is 3.23. The van der Waals surface area contributed by atoms with Gasteiger partial charge in [0.25, 0.3) is 0 Å². The van der Waals surface area contributed by atoms with Crippen molar-refractivity contribution in [3.63, 3.8) is 0 Å². The lowest BCUT2D eigenvalue weighted by atomic mass is 10.1. The highest BCUT2D eigenvalue weighted by molar-refractivity contribution is 9.10. The molecule has 0 aromatic heterocycles. The lowest BCUT2D eigenvalue weighted by Gasteiger charge is -2.35. The van der Waals surface area contributed by atoms with E-state index in [9.17, 15) is 18.0 Å². The Morgan fingerprint density at radius 2 is 1.88 bits per heavy atom. The van der Waals surface area contributed by atoms with Crippen LogP contribution in [-0.2, 0) is 19.6 Å². The van der Waals surface area contributed by atoms with Gasteiger partial charge in [-0.2, -0.15) is 4.31 Å². The monoisotopic (exact) mass is 432 g/mol. The maximum atomic E-state index is 12.9. The summed E-state index contributed by atoms with van der Waals surface area (Å²) in [7, 11) is -0.738. The lowest BCUT2D eigenvalue weighted by molar-refractivity contribution is -0.130. The molecule has 7 nitrogen and oxygen atoms in total. The summed E-state index contributed by atoms with van der Waals surface area (Å²) in [4.78, 5) is 24.9. The van der Waals surface area contributed by atoms with Gasteiger partial charge < -0.3 is 9.64 Å². The number of sulfonamides is 1. The third-order valence-corrected chi connectivity index (χ3v) is 7.03. The molecule has 1 aromatic carbocycles. The molecule has 138 valence electrons. The van der Waals surface area contributed by atoms with Crippen molar-refractivity contribution in [2.45, 2.75) is 30.7 Å². The van der Waals surface area contributed by atoms with Crippen molar-refractivity contribution in [2.24, 2.45) is 0 Å². The van der Waals surface area contributed by atoms with Crippen LogP contribution < -0.4 is 0 Å². The first-order valence-electron chi connectivity index (χ1n) is 7.80. The van der Waals surface area contributed by atoms with Gasteiger partial charge in [-0.05, 0) is 47.0 Å². The van der Waals surface area contributed by atoms with Crippen molar-refractivity contribution < 1.29 is 22.7 Å². The number of carbonyl (C=O) groups excluding carboxylic acids is 2. The van der Waals surface area contributed by atoms with Crippen molar-refractivity contribution in [2.75, 3.05) is 27.2 Å². The first-order chi connectivity index (χ1) is 11.7. The first-order valence-corrected chi connectivity index (χ1v) is 10.0. The van der Waals surface area contributed by atoms with E-state index in [0.29, 0.717) is 30.4 Å². The summed E-state index contributed by atoms with van der Waals surface area (Å²) in [6.07, 6.45) is 1.16. The van der Waals surface area contributed by atoms with Gasteiger partial charge in [-0.3, -0.25) is 4.79 Å². The minimum absolute atomic E-state index is 0.0306. The largest absolute Gasteiger partial charge is 0.465 e. The average Bonchev–Trinajstić information content (AvgIpc) is 2.60. The van der Waals surface area contributed by atoms with Gasteiger partial charge in [0, 0.05) is 37.6 Å². The van der Waals surface area contributed by atoms with Crippen molar-refractivity contribution in [1.82, 2.24) is 9.21 Å². The molecule has 0 bridgehead atoms. The van der Waals surface area contributed by atoms with Crippen molar-refractivity contribution in [3.05, 3.63) is 28.2 Å². The molecule has 9 heteroatoms. The maximum Gasteiger partial charge on any atom is 0.339 e. The van der Waals surface area contributed by atoms with Crippen LogP contribution in [0, 0.1) is 0 Å². The van der Waals surface area contributed by atoms with Gasteiger partial charge in [0.2, 0.25) is 15.9 Å².